The summed E-state index contributed by atoms with van der Waals surface area (Å²) in [4.78, 5) is 13.0. The number of hydrogen-bond acceptors (Lipinski definition) is 2. The molecule has 1 atom stereocenters. The van der Waals surface area contributed by atoms with E-state index in [1.165, 1.54) is 0 Å². The van der Waals surface area contributed by atoms with Gasteiger partial charge in [0.15, 0.2) is 0 Å². The number of hydrogen-bond donors (Lipinski definition) is 2. The van der Waals surface area contributed by atoms with E-state index in [2.05, 4.69) is 12.2 Å². The number of nitrogens with zero attached hydrogens (tertiary/aromatic N) is 1. The lowest BCUT2D eigenvalue weighted by molar-refractivity contribution is 0.216. The van der Waals surface area contributed by atoms with Crippen molar-refractivity contribution in [2.24, 2.45) is 0 Å². The maximum atomic E-state index is 13.6. The second-order valence-electron chi connectivity index (χ2n) is 4.45. The van der Waals surface area contributed by atoms with Gasteiger partial charge < -0.3 is 19.4 Å². The molecule has 6 heteroatoms. The zero-order valence-corrected chi connectivity index (χ0v) is 11.4. The van der Waals surface area contributed by atoms with Crippen LogP contribution in [0.3, 0.4) is 0 Å². The van der Waals surface area contributed by atoms with Crippen LogP contribution in [0.5, 0.6) is 0 Å². The number of carbonyl (C=O) groups excluding carboxylic acids is 1. The van der Waals surface area contributed by atoms with Gasteiger partial charge in [0.1, 0.15) is 0 Å². The van der Waals surface area contributed by atoms with Crippen molar-refractivity contribution >= 4 is 15.2 Å². The Bertz CT molecular complexity index is 244. The Morgan fingerprint density at radius 2 is 2.35 bits per heavy atom. The van der Waals surface area contributed by atoms with Crippen LogP contribution in [0.15, 0.2) is 0 Å². The van der Waals surface area contributed by atoms with Crippen LogP contribution in [0.25, 0.3) is 0 Å². The number of amides is 2. The zero-order valence-electron chi connectivity index (χ0n) is 10.4. The van der Waals surface area contributed by atoms with Gasteiger partial charge in [-0.3, -0.25) is 0 Å². The lowest BCUT2D eigenvalue weighted by Crippen LogP contribution is -2.31. The minimum atomic E-state index is -2.15. The van der Waals surface area contributed by atoms with Gasteiger partial charge in [-0.05, 0) is 12.0 Å². The number of urea groups is 1. The summed E-state index contributed by atoms with van der Waals surface area (Å²) in [7, 11) is -2.15. The van der Waals surface area contributed by atoms with Crippen LogP contribution < -0.4 is 5.32 Å². The molecule has 99 valence electrons. The van der Waals surface area contributed by atoms with Crippen molar-refractivity contribution < 1.29 is 14.0 Å². The predicted octanol–water partition coefficient (Wildman–Crippen LogP) is 1.45. The van der Waals surface area contributed by atoms with Gasteiger partial charge in [0, 0.05) is 19.6 Å². The molecule has 1 radical (unpaired) electrons. The van der Waals surface area contributed by atoms with E-state index in [9.17, 15) is 8.90 Å². The molecule has 1 unspecified atom stereocenters. The normalized spacial score (nSPS) is 17.6. The molecule has 0 aliphatic carbocycles. The maximum Gasteiger partial charge on any atom is 0.317 e. The second-order valence-corrected chi connectivity index (χ2v) is 6.48. The van der Waals surface area contributed by atoms with Crippen LogP contribution in [-0.4, -0.2) is 51.0 Å². The molecule has 1 fully saturated rings. The Morgan fingerprint density at radius 3 is 2.88 bits per heavy atom. The lowest BCUT2D eigenvalue weighted by Gasteiger charge is -2.21. The second kappa shape index (κ2) is 7.65. The Morgan fingerprint density at radius 1 is 1.59 bits per heavy atom. The Labute approximate surface area is 104 Å². The monoisotopic (exact) mass is 261 g/mol. The number of aliphatic hydroxyl groups is 1. The molecule has 1 rings (SSSR count). The third-order valence-electron chi connectivity index (χ3n) is 3.19. The summed E-state index contributed by atoms with van der Waals surface area (Å²) in [5.74, 6) is 0. The van der Waals surface area contributed by atoms with Crippen molar-refractivity contribution in [1.82, 2.24) is 10.2 Å². The fourth-order valence-corrected chi connectivity index (χ4v) is 3.29. The minimum Gasteiger partial charge on any atom is -0.397 e. The Balaban J connectivity index is 2.34. The van der Waals surface area contributed by atoms with Gasteiger partial charge in [0.25, 0.3) is 0 Å². The van der Waals surface area contributed by atoms with Crippen LogP contribution in [0, 0.1) is 0 Å². The van der Waals surface area contributed by atoms with Crippen molar-refractivity contribution in [2.75, 3.05) is 25.9 Å². The smallest absolute Gasteiger partial charge is 0.317 e. The van der Waals surface area contributed by atoms with Crippen molar-refractivity contribution in [1.29, 1.82) is 0 Å². The molecule has 0 aromatic carbocycles. The average Bonchev–Trinajstić information content (AvgIpc) is 2.74. The van der Waals surface area contributed by atoms with Crippen LogP contribution in [0.2, 0.25) is 5.54 Å². The molecule has 17 heavy (non-hydrogen) atoms. The van der Waals surface area contributed by atoms with Gasteiger partial charge in [-0.2, -0.15) is 0 Å². The van der Waals surface area contributed by atoms with Gasteiger partial charge in [0.2, 0.25) is 0 Å². The molecule has 1 aliphatic heterocycles. The van der Waals surface area contributed by atoms with Crippen molar-refractivity contribution in [3.63, 3.8) is 0 Å². The molecule has 0 aromatic heterocycles. The molecule has 4 nitrogen and oxygen atoms in total. The van der Waals surface area contributed by atoms with E-state index in [1.54, 1.807) is 4.90 Å². The molecule has 1 heterocycles. The number of aliphatic hydroxyl groups excluding tert-OH is 1. The SMILES string of the molecule is CCCCC(CCN1CCNC1=O)[Si](F)CO. The largest absolute Gasteiger partial charge is 0.397 e. The van der Waals surface area contributed by atoms with Crippen molar-refractivity contribution in [3.8, 4) is 0 Å². The number of unbranched alkanes of at least 4 members (excludes halogenated alkanes) is 1. The highest BCUT2D eigenvalue weighted by Crippen LogP contribution is 2.24. The van der Waals surface area contributed by atoms with Crippen molar-refractivity contribution in [3.05, 3.63) is 0 Å². The predicted molar refractivity (Wildman–Crippen MR) is 66.8 cm³/mol. The summed E-state index contributed by atoms with van der Waals surface area (Å²) in [6.07, 6.45) is 3.23. The third kappa shape index (κ3) is 4.63. The molecule has 0 bridgehead atoms. The first-order chi connectivity index (χ1) is 8.19. The van der Waals surface area contributed by atoms with Gasteiger partial charge in [-0.15, -0.1) is 0 Å². The topological polar surface area (TPSA) is 52.6 Å². The van der Waals surface area contributed by atoms with Crippen LogP contribution in [0.4, 0.5) is 8.90 Å². The lowest BCUT2D eigenvalue weighted by atomic mass is 10.1. The summed E-state index contributed by atoms with van der Waals surface area (Å²) >= 11 is 0. The molecule has 0 aromatic rings. The summed E-state index contributed by atoms with van der Waals surface area (Å²) in [6.45, 7) is 4.09. The van der Waals surface area contributed by atoms with E-state index in [1.807, 2.05) is 0 Å². The molecule has 0 spiro atoms. The fourth-order valence-electron chi connectivity index (χ4n) is 2.07. The average molecular weight is 261 g/mol. The van der Waals surface area contributed by atoms with Crippen molar-refractivity contribution in [2.45, 2.75) is 38.1 Å². The maximum absolute atomic E-state index is 13.6. The number of rotatable bonds is 8. The first-order valence-corrected chi connectivity index (χ1v) is 8.00. The molecular weight excluding hydrogens is 239 g/mol. The molecular formula is C11H22FN2O2Si. The third-order valence-corrected chi connectivity index (χ3v) is 4.96. The van der Waals surface area contributed by atoms with E-state index >= 15 is 0 Å². The molecule has 1 saturated heterocycles. The van der Waals surface area contributed by atoms with E-state index in [-0.39, 0.29) is 17.8 Å². The molecule has 1 aliphatic rings. The molecule has 0 saturated carbocycles. The summed E-state index contributed by atoms with van der Waals surface area (Å²) in [6, 6.07) is -0.0455. The van der Waals surface area contributed by atoms with Crippen LogP contribution >= 0.6 is 0 Å². The summed E-state index contributed by atoms with van der Waals surface area (Å²) < 4.78 is 13.6. The van der Waals surface area contributed by atoms with Gasteiger partial charge in [-0.1, -0.05) is 26.2 Å². The van der Waals surface area contributed by atoms with Crippen LogP contribution in [-0.2, 0) is 0 Å². The van der Waals surface area contributed by atoms with Gasteiger partial charge in [0.05, 0.1) is 6.23 Å². The first-order valence-electron chi connectivity index (χ1n) is 6.33. The highest BCUT2D eigenvalue weighted by molar-refractivity contribution is 6.52. The highest BCUT2D eigenvalue weighted by Gasteiger charge is 2.26. The number of nitrogens with one attached hydrogen (secondary N) is 1. The number of halogens is 1. The fraction of sp³-hybridized carbons (Fsp3) is 0.909. The first kappa shape index (κ1) is 14.4. The highest BCUT2D eigenvalue weighted by atomic mass is 28.3. The van der Waals surface area contributed by atoms with Crippen LogP contribution in [0.1, 0.15) is 32.6 Å². The molecule has 2 N–H and O–H groups in total. The van der Waals surface area contributed by atoms with Gasteiger partial charge in [-0.25, -0.2) is 4.79 Å². The van der Waals surface area contributed by atoms with E-state index < -0.39 is 9.13 Å². The number of carbonyl (C=O) groups is 1. The standard InChI is InChI=1S/C11H22FN2O2Si/c1-2-3-4-10(17(12)9-15)5-7-14-8-6-13-11(14)16/h10,15H,2-9H2,1H3,(H,13,16). The van der Waals surface area contributed by atoms with E-state index in [0.717, 1.165) is 19.3 Å². The zero-order chi connectivity index (χ0) is 12.7. The summed E-state index contributed by atoms with van der Waals surface area (Å²) in [5, 5.41) is 11.7. The Kier molecular flexibility index (Phi) is 6.50. The van der Waals surface area contributed by atoms with Gasteiger partial charge >= 0.3 is 15.2 Å². The Hall–Kier alpha value is -0.623. The minimum absolute atomic E-state index is 0.0293. The van der Waals surface area contributed by atoms with E-state index in [4.69, 9.17) is 5.11 Å². The van der Waals surface area contributed by atoms with E-state index in [0.29, 0.717) is 26.1 Å². The summed E-state index contributed by atoms with van der Waals surface area (Å²) in [5.41, 5.74) is -0.0293. The molecule has 2 amide bonds. The quantitative estimate of drug-likeness (QED) is 0.513.